The summed E-state index contributed by atoms with van der Waals surface area (Å²) in [6, 6.07) is 3.12. The highest BCUT2D eigenvalue weighted by molar-refractivity contribution is 5.38. The lowest BCUT2D eigenvalue weighted by atomic mass is 10.1. The van der Waals surface area contributed by atoms with E-state index >= 15 is 0 Å². The van der Waals surface area contributed by atoms with Crippen LogP contribution in [0.25, 0.3) is 0 Å². The highest BCUT2D eigenvalue weighted by atomic mass is 19.1. The Morgan fingerprint density at radius 1 is 1.43 bits per heavy atom. The van der Waals surface area contributed by atoms with Gasteiger partial charge >= 0.3 is 0 Å². The summed E-state index contributed by atoms with van der Waals surface area (Å²) in [5.41, 5.74) is 1.50. The van der Waals surface area contributed by atoms with Crippen LogP contribution in [0.5, 0.6) is 5.75 Å². The highest BCUT2D eigenvalue weighted by Crippen LogP contribution is 2.22. The van der Waals surface area contributed by atoms with Crippen molar-refractivity contribution in [2.75, 3.05) is 13.7 Å². The molecule has 0 fully saturated rings. The fourth-order valence-electron chi connectivity index (χ4n) is 1.28. The van der Waals surface area contributed by atoms with E-state index in [0.717, 1.165) is 5.56 Å². The van der Waals surface area contributed by atoms with Gasteiger partial charge in [0.15, 0.2) is 0 Å². The van der Waals surface area contributed by atoms with E-state index in [1.54, 1.807) is 13.0 Å². The number of hydrogen-bond acceptors (Lipinski definition) is 3. The Balaban J connectivity index is 2.95. The molecule has 1 aromatic rings. The fourth-order valence-corrected chi connectivity index (χ4v) is 1.28. The molecule has 3 nitrogen and oxygen atoms in total. The minimum atomic E-state index is -0.265. The normalized spacial score (nSPS) is 10.3. The van der Waals surface area contributed by atoms with Crippen LogP contribution in [0.15, 0.2) is 12.1 Å². The number of methoxy groups -OCH3 is 1. The second-order valence-electron chi connectivity index (χ2n) is 3.03. The number of benzene rings is 1. The molecular weight excluding hydrogens is 185 g/mol. The average molecular weight is 199 g/mol. The summed E-state index contributed by atoms with van der Waals surface area (Å²) in [5, 5.41) is 0. The van der Waals surface area contributed by atoms with Crippen LogP contribution in [-0.2, 0) is 11.3 Å². The number of aryl methyl sites for hydroxylation is 1. The van der Waals surface area contributed by atoms with Crippen molar-refractivity contribution in [1.82, 2.24) is 0 Å². The third kappa shape index (κ3) is 2.43. The number of rotatable bonds is 4. The number of hydrogen-bond donors (Lipinski definition) is 1. The topological polar surface area (TPSA) is 44.5 Å². The summed E-state index contributed by atoms with van der Waals surface area (Å²) in [6.45, 7) is 2.10. The Morgan fingerprint density at radius 2 is 2.14 bits per heavy atom. The van der Waals surface area contributed by atoms with Gasteiger partial charge in [0, 0.05) is 12.5 Å². The van der Waals surface area contributed by atoms with E-state index in [1.807, 2.05) is 0 Å². The molecule has 0 radical (unpaired) electrons. The van der Waals surface area contributed by atoms with E-state index in [9.17, 15) is 4.39 Å². The molecule has 0 heterocycles. The third-order valence-electron chi connectivity index (χ3n) is 2.05. The van der Waals surface area contributed by atoms with Gasteiger partial charge in [0.1, 0.15) is 11.6 Å². The molecule has 0 aliphatic carbocycles. The van der Waals surface area contributed by atoms with E-state index in [4.69, 9.17) is 10.6 Å². The second kappa shape index (κ2) is 4.93. The van der Waals surface area contributed by atoms with Gasteiger partial charge in [0.05, 0.1) is 13.7 Å². The molecule has 78 valence electrons. The zero-order valence-corrected chi connectivity index (χ0v) is 8.34. The van der Waals surface area contributed by atoms with Gasteiger partial charge in [-0.1, -0.05) is 0 Å². The quantitative estimate of drug-likeness (QED) is 0.749. The summed E-state index contributed by atoms with van der Waals surface area (Å²) in [4.78, 5) is 4.47. The average Bonchev–Trinajstić information content (AvgIpc) is 2.19. The van der Waals surface area contributed by atoms with Crippen LogP contribution in [0.1, 0.15) is 11.1 Å². The number of halogens is 1. The highest BCUT2D eigenvalue weighted by Gasteiger charge is 2.07. The van der Waals surface area contributed by atoms with Gasteiger partial charge in [-0.05, 0) is 24.1 Å². The van der Waals surface area contributed by atoms with Crippen LogP contribution in [0, 0.1) is 12.7 Å². The van der Waals surface area contributed by atoms with Crippen LogP contribution in [-0.4, -0.2) is 13.7 Å². The molecule has 0 saturated heterocycles. The van der Waals surface area contributed by atoms with Crippen LogP contribution in [0.2, 0.25) is 0 Å². The zero-order valence-electron chi connectivity index (χ0n) is 8.34. The molecular formula is C10H14FNO2. The fraction of sp³-hybridized carbons (Fsp3) is 0.400. The molecule has 1 aromatic carbocycles. The maximum atomic E-state index is 13.1. The molecule has 0 spiro atoms. The Labute approximate surface area is 82.6 Å². The van der Waals surface area contributed by atoms with Crippen LogP contribution in [0.4, 0.5) is 4.39 Å². The lowest BCUT2D eigenvalue weighted by Gasteiger charge is -2.09. The summed E-state index contributed by atoms with van der Waals surface area (Å²) in [5.74, 6) is 5.19. The van der Waals surface area contributed by atoms with Crippen LogP contribution < -0.4 is 10.6 Å². The third-order valence-corrected chi connectivity index (χ3v) is 2.05. The summed E-state index contributed by atoms with van der Waals surface area (Å²) >= 11 is 0. The predicted octanol–water partition coefficient (Wildman–Crippen LogP) is 1.58. The molecule has 0 bridgehead atoms. The Hall–Kier alpha value is -1.13. The first-order valence-electron chi connectivity index (χ1n) is 4.33. The minimum Gasteiger partial charge on any atom is -0.496 e. The number of nitrogens with two attached hydrogens (primary N) is 1. The lowest BCUT2D eigenvalue weighted by molar-refractivity contribution is 0.140. The molecule has 4 heteroatoms. The molecule has 0 unspecified atom stereocenters. The van der Waals surface area contributed by atoms with Crippen molar-refractivity contribution in [3.63, 3.8) is 0 Å². The molecule has 0 amide bonds. The molecule has 0 aliphatic rings. The second-order valence-corrected chi connectivity index (χ2v) is 3.03. The molecule has 0 atom stereocenters. The first-order valence-corrected chi connectivity index (χ1v) is 4.33. The predicted molar refractivity (Wildman–Crippen MR) is 51.5 cm³/mol. The Kier molecular flexibility index (Phi) is 3.85. The Morgan fingerprint density at radius 3 is 2.71 bits per heavy atom. The first-order chi connectivity index (χ1) is 6.69. The zero-order chi connectivity index (χ0) is 10.6. The maximum absolute atomic E-state index is 13.1. The van der Waals surface area contributed by atoms with Gasteiger partial charge in [-0.3, -0.25) is 0 Å². The first kappa shape index (κ1) is 10.9. The monoisotopic (exact) mass is 199 g/mol. The van der Waals surface area contributed by atoms with Crippen molar-refractivity contribution in [2.24, 2.45) is 5.90 Å². The molecule has 0 aliphatic heterocycles. The summed E-state index contributed by atoms with van der Waals surface area (Å²) in [6.07, 6.45) is 0.612. The van der Waals surface area contributed by atoms with Crippen molar-refractivity contribution >= 4 is 0 Å². The molecule has 2 N–H and O–H groups in total. The number of ether oxygens (including phenoxy) is 1. The largest absolute Gasteiger partial charge is 0.496 e. The van der Waals surface area contributed by atoms with Gasteiger partial charge < -0.3 is 9.57 Å². The van der Waals surface area contributed by atoms with Gasteiger partial charge in [-0.25, -0.2) is 10.3 Å². The van der Waals surface area contributed by atoms with Crippen molar-refractivity contribution in [1.29, 1.82) is 0 Å². The molecule has 14 heavy (non-hydrogen) atoms. The molecule has 0 aromatic heterocycles. The van der Waals surface area contributed by atoms with Gasteiger partial charge in [0.25, 0.3) is 0 Å². The van der Waals surface area contributed by atoms with Gasteiger partial charge in [-0.2, -0.15) is 0 Å². The van der Waals surface area contributed by atoms with E-state index in [0.29, 0.717) is 24.3 Å². The lowest BCUT2D eigenvalue weighted by Crippen LogP contribution is -2.05. The smallest absolute Gasteiger partial charge is 0.129 e. The van der Waals surface area contributed by atoms with Crippen molar-refractivity contribution in [3.8, 4) is 5.75 Å². The molecule has 0 saturated carbocycles. The SMILES string of the molecule is COc1cc(F)c(C)cc1CCON. The van der Waals surface area contributed by atoms with E-state index in [2.05, 4.69) is 4.84 Å². The van der Waals surface area contributed by atoms with E-state index in [-0.39, 0.29) is 5.82 Å². The summed E-state index contributed by atoms with van der Waals surface area (Å²) in [7, 11) is 1.51. The van der Waals surface area contributed by atoms with Gasteiger partial charge in [-0.15, -0.1) is 0 Å². The standard InChI is InChI=1S/C10H14FNO2/c1-7-5-8(3-4-14-12)10(13-2)6-9(7)11/h5-6H,3-4,12H2,1-2H3. The van der Waals surface area contributed by atoms with E-state index in [1.165, 1.54) is 13.2 Å². The minimum absolute atomic E-state index is 0.265. The van der Waals surface area contributed by atoms with Crippen molar-refractivity contribution in [3.05, 3.63) is 29.1 Å². The van der Waals surface area contributed by atoms with Crippen molar-refractivity contribution < 1.29 is 14.0 Å². The molecule has 1 rings (SSSR count). The van der Waals surface area contributed by atoms with Gasteiger partial charge in [0.2, 0.25) is 0 Å². The van der Waals surface area contributed by atoms with Crippen molar-refractivity contribution in [2.45, 2.75) is 13.3 Å². The van der Waals surface area contributed by atoms with Crippen LogP contribution in [0.3, 0.4) is 0 Å². The summed E-state index contributed by atoms with van der Waals surface area (Å²) < 4.78 is 18.2. The van der Waals surface area contributed by atoms with Crippen LogP contribution >= 0.6 is 0 Å². The van der Waals surface area contributed by atoms with E-state index < -0.39 is 0 Å². The Bertz CT molecular complexity index is 315. The maximum Gasteiger partial charge on any atom is 0.129 e.